The van der Waals surface area contributed by atoms with Crippen molar-refractivity contribution in [2.75, 3.05) is 26.3 Å². The van der Waals surface area contributed by atoms with Crippen LogP contribution in [-0.2, 0) is 9.53 Å². The number of carbonyl (C=O) groups is 1. The zero-order valence-electron chi connectivity index (χ0n) is 9.55. The van der Waals surface area contributed by atoms with E-state index in [1.807, 2.05) is 6.92 Å². The van der Waals surface area contributed by atoms with Crippen molar-refractivity contribution in [3.8, 4) is 0 Å². The van der Waals surface area contributed by atoms with Crippen LogP contribution in [0.15, 0.2) is 0 Å². The topological polar surface area (TPSA) is 50.4 Å². The molecule has 1 amide bonds. The largest absolute Gasteiger partial charge is 0.381 e. The van der Waals surface area contributed by atoms with Crippen LogP contribution in [0.1, 0.15) is 32.6 Å². The van der Waals surface area contributed by atoms with Gasteiger partial charge in [0, 0.05) is 38.8 Å². The van der Waals surface area contributed by atoms with E-state index < -0.39 is 0 Å². The minimum absolute atomic E-state index is 0.134. The summed E-state index contributed by atoms with van der Waals surface area (Å²) >= 11 is 0. The fraction of sp³-hybridized carbons (Fsp3) is 0.909. The Kier molecular flexibility index (Phi) is 6.36. The molecule has 0 aromatic carbocycles. The van der Waals surface area contributed by atoms with Gasteiger partial charge in [0.15, 0.2) is 0 Å². The van der Waals surface area contributed by atoms with E-state index in [9.17, 15) is 4.79 Å². The first-order valence-electron chi connectivity index (χ1n) is 5.90. The fourth-order valence-electron chi connectivity index (χ4n) is 1.78. The summed E-state index contributed by atoms with van der Waals surface area (Å²) in [5.74, 6) is 0.134. The SMILES string of the molecule is CCNC(=O)CCNC1CCCOCC1. The fourth-order valence-corrected chi connectivity index (χ4v) is 1.78. The van der Waals surface area contributed by atoms with E-state index in [0.29, 0.717) is 12.5 Å². The van der Waals surface area contributed by atoms with Crippen LogP contribution in [-0.4, -0.2) is 38.3 Å². The molecule has 0 aromatic heterocycles. The van der Waals surface area contributed by atoms with E-state index in [2.05, 4.69) is 10.6 Å². The molecule has 2 N–H and O–H groups in total. The Morgan fingerprint density at radius 3 is 3.07 bits per heavy atom. The number of ether oxygens (including phenoxy) is 1. The maximum atomic E-state index is 11.2. The molecule has 15 heavy (non-hydrogen) atoms. The maximum absolute atomic E-state index is 11.2. The van der Waals surface area contributed by atoms with Crippen LogP contribution >= 0.6 is 0 Å². The second-order valence-corrected chi connectivity index (χ2v) is 3.90. The number of nitrogens with one attached hydrogen (secondary N) is 2. The number of hydrogen-bond donors (Lipinski definition) is 2. The van der Waals surface area contributed by atoms with E-state index >= 15 is 0 Å². The second-order valence-electron chi connectivity index (χ2n) is 3.90. The molecule has 0 aromatic rings. The van der Waals surface area contributed by atoms with Crippen LogP contribution in [0.5, 0.6) is 0 Å². The molecule has 88 valence electrons. The molecular weight excluding hydrogens is 192 g/mol. The van der Waals surface area contributed by atoms with Gasteiger partial charge in [-0.2, -0.15) is 0 Å². The molecule has 0 spiro atoms. The highest BCUT2D eigenvalue weighted by molar-refractivity contribution is 5.75. The molecular formula is C11H22N2O2. The lowest BCUT2D eigenvalue weighted by molar-refractivity contribution is -0.120. The van der Waals surface area contributed by atoms with Crippen LogP contribution in [0.25, 0.3) is 0 Å². The lowest BCUT2D eigenvalue weighted by atomic mass is 10.1. The third-order valence-corrected chi connectivity index (χ3v) is 2.61. The number of carbonyl (C=O) groups excluding carboxylic acids is 1. The zero-order chi connectivity index (χ0) is 10.9. The van der Waals surface area contributed by atoms with Crippen molar-refractivity contribution >= 4 is 5.91 Å². The number of amides is 1. The quantitative estimate of drug-likeness (QED) is 0.707. The minimum atomic E-state index is 0.134. The summed E-state index contributed by atoms with van der Waals surface area (Å²) in [4.78, 5) is 11.2. The predicted octanol–water partition coefficient (Wildman–Crippen LogP) is 0.671. The van der Waals surface area contributed by atoms with Gasteiger partial charge in [-0.3, -0.25) is 4.79 Å². The third-order valence-electron chi connectivity index (χ3n) is 2.61. The van der Waals surface area contributed by atoms with E-state index in [4.69, 9.17) is 4.74 Å². The highest BCUT2D eigenvalue weighted by atomic mass is 16.5. The predicted molar refractivity (Wildman–Crippen MR) is 59.8 cm³/mol. The zero-order valence-corrected chi connectivity index (χ0v) is 9.55. The van der Waals surface area contributed by atoms with Gasteiger partial charge in [0.25, 0.3) is 0 Å². The van der Waals surface area contributed by atoms with Gasteiger partial charge in [0.1, 0.15) is 0 Å². The molecule has 0 saturated carbocycles. The first kappa shape index (κ1) is 12.5. The van der Waals surface area contributed by atoms with Crippen molar-refractivity contribution < 1.29 is 9.53 Å². The minimum Gasteiger partial charge on any atom is -0.381 e. The van der Waals surface area contributed by atoms with Crippen molar-refractivity contribution in [2.24, 2.45) is 0 Å². The third kappa shape index (κ3) is 5.74. The molecule has 0 radical (unpaired) electrons. The van der Waals surface area contributed by atoms with Crippen molar-refractivity contribution in [2.45, 2.75) is 38.6 Å². The standard InChI is InChI=1S/C11H22N2O2/c1-2-12-11(14)5-7-13-10-4-3-8-15-9-6-10/h10,13H,2-9H2,1H3,(H,12,14). The van der Waals surface area contributed by atoms with Gasteiger partial charge in [-0.25, -0.2) is 0 Å². The van der Waals surface area contributed by atoms with Crippen LogP contribution in [0.4, 0.5) is 0 Å². The summed E-state index contributed by atoms with van der Waals surface area (Å²) in [5.41, 5.74) is 0. The van der Waals surface area contributed by atoms with Crippen LogP contribution in [0.3, 0.4) is 0 Å². The highest BCUT2D eigenvalue weighted by Gasteiger charge is 2.11. The molecule has 1 heterocycles. The van der Waals surface area contributed by atoms with E-state index in [0.717, 1.165) is 45.6 Å². The lowest BCUT2D eigenvalue weighted by Gasteiger charge is -2.14. The average Bonchev–Trinajstić information content (AvgIpc) is 2.47. The molecule has 0 aliphatic carbocycles. The van der Waals surface area contributed by atoms with Gasteiger partial charge in [-0.1, -0.05) is 0 Å². The molecule has 4 nitrogen and oxygen atoms in total. The molecule has 1 rings (SSSR count). The molecule has 0 bridgehead atoms. The molecule has 1 unspecified atom stereocenters. The Bertz CT molecular complexity index is 177. The number of hydrogen-bond acceptors (Lipinski definition) is 3. The Labute approximate surface area is 91.8 Å². The van der Waals surface area contributed by atoms with Gasteiger partial charge < -0.3 is 15.4 Å². The van der Waals surface area contributed by atoms with Crippen LogP contribution in [0.2, 0.25) is 0 Å². The van der Waals surface area contributed by atoms with Gasteiger partial charge >= 0.3 is 0 Å². The summed E-state index contributed by atoms with van der Waals surface area (Å²) in [6, 6.07) is 0.530. The Balaban J connectivity index is 2.05. The van der Waals surface area contributed by atoms with E-state index in [-0.39, 0.29) is 5.91 Å². The van der Waals surface area contributed by atoms with Crippen molar-refractivity contribution in [3.63, 3.8) is 0 Å². The Morgan fingerprint density at radius 1 is 1.40 bits per heavy atom. The monoisotopic (exact) mass is 214 g/mol. The molecule has 1 aliphatic rings. The summed E-state index contributed by atoms with van der Waals surface area (Å²) in [6.07, 6.45) is 3.93. The normalized spacial score (nSPS) is 22.1. The molecule has 1 atom stereocenters. The average molecular weight is 214 g/mol. The first-order chi connectivity index (χ1) is 7.33. The van der Waals surface area contributed by atoms with Gasteiger partial charge in [-0.05, 0) is 26.2 Å². The maximum Gasteiger partial charge on any atom is 0.221 e. The Morgan fingerprint density at radius 2 is 2.27 bits per heavy atom. The molecule has 4 heteroatoms. The van der Waals surface area contributed by atoms with Crippen LogP contribution < -0.4 is 10.6 Å². The summed E-state index contributed by atoms with van der Waals surface area (Å²) in [6.45, 7) is 5.16. The lowest BCUT2D eigenvalue weighted by Crippen LogP contribution is -2.33. The van der Waals surface area contributed by atoms with Crippen molar-refractivity contribution in [3.05, 3.63) is 0 Å². The van der Waals surface area contributed by atoms with E-state index in [1.165, 1.54) is 0 Å². The summed E-state index contributed by atoms with van der Waals surface area (Å²) in [7, 11) is 0. The van der Waals surface area contributed by atoms with Crippen LogP contribution in [0, 0.1) is 0 Å². The van der Waals surface area contributed by atoms with Gasteiger partial charge in [0.2, 0.25) is 5.91 Å². The molecule has 1 saturated heterocycles. The summed E-state index contributed by atoms with van der Waals surface area (Å²) < 4.78 is 5.37. The summed E-state index contributed by atoms with van der Waals surface area (Å²) in [5, 5.41) is 6.20. The highest BCUT2D eigenvalue weighted by Crippen LogP contribution is 2.07. The second kappa shape index (κ2) is 7.65. The van der Waals surface area contributed by atoms with Crippen molar-refractivity contribution in [1.29, 1.82) is 0 Å². The number of rotatable bonds is 5. The van der Waals surface area contributed by atoms with Gasteiger partial charge in [-0.15, -0.1) is 0 Å². The molecule has 1 aliphatic heterocycles. The van der Waals surface area contributed by atoms with Gasteiger partial charge in [0.05, 0.1) is 0 Å². The van der Waals surface area contributed by atoms with Crippen molar-refractivity contribution in [1.82, 2.24) is 10.6 Å². The van der Waals surface area contributed by atoms with E-state index in [1.54, 1.807) is 0 Å². The Hall–Kier alpha value is -0.610. The molecule has 1 fully saturated rings. The first-order valence-corrected chi connectivity index (χ1v) is 5.90. The smallest absolute Gasteiger partial charge is 0.221 e.